The zero-order valence-corrected chi connectivity index (χ0v) is 21.9. The van der Waals surface area contributed by atoms with Crippen LogP contribution < -0.4 is 15.4 Å². The minimum atomic E-state index is -0.338. The number of aromatic nitrogens is 3. The SMILES string of the molecule is CCn1c(SCC(=O)Nc2ccc(C)cc2C)nnc1[C@H](NC(=O)c1ccc(OC)cc1)C(C)C. The molecule has 3 aromatic rings. The summed E-state index contributed by atoms with van der Waals surface area (Å²) >= 11 is 1.33. The molecule has 0 aliphatic rings. The van der Waals surface area contributed by atoms with E-state index < -0.39 is 0 Å². The van der Waals surface area contributed by atoms with E-state index in [1.165, 1.54) is 11.8 Å². The third kappa shape index (κ3) is 6.63. The molecule has 9 heteroatoms. The largest absolute Gasteiger partial charge is 0.497 e. The Morgan fingerprint density at radius 3 is 2.40 bits per heavy atom. The predicted molar refractivity (Wildman–Crippen MR) is 139 cm³/mol. The highest BCUT2D eigenvalue weighted by Gasteiger charge is 2.26. The van der Waals surface area contributed by atoms with Crippen molar-refractivity contribution in [2.75, 3.05) is 18.2 Å². The molecule has 0 spiro atoms. The summed E-state index contributed by atoms with van der Waals surface area (Å²) < 4.78 is 7.12. The molecular formula is C26H33N5O3S. The molecule has 0 aliphatic heterocycles. The summed E-state index contributed by atoms with van der Waals surface area (Å²) in [5.41, 5.74) is 3.52. The molecular weight excluding hydrogens is 462 g/mol. The lowest BCUT2D eigenvalue weighted by Gasteiger charge is -2.22. The normalized spacial score (nSPS) is 11.9. The Labute approximate surface area is 210 Å². The average Bonchev–Trinajstić information content (AvgIpc) is 3.25. The van der Waals surface area contributed by atoms with Gasteiger partial charge in [-0.2, -0.15) is 0 Å². The van der Waals surface area contributed by atoms with E-state index in [1.54, 1.807) is 31.4 Å². The first-order valence-corrected chi connectivity index (χ1v) is 12.6. The maximum absolute atomic E-state index is 12.9. The lowest BCUT2D eigenvalue weighted by Crippen LogP contribution is -2.33. The molecule has 3 rings (SSSR count). The molecule has 1 atom stereocenters. The summed E-state index contributed by atoms with van der Waals surface area (Å²) in [7, 11) is 1.59. The Balaban J connectivity index is 1.70. The topological polar surface area (TPSA) is 98.1 Å². The molecule has 1 heterocycles. The standard InChI is InChI=1S/C26H33N5O3S/c1-7-31-24(23(16(2)3)28-25(33)19-9-11-20(34-6)12-10-19)29-30-26(31)35-15-22(32)27-21-13-8-17(4)14-18(21)5/h8-14,16,23H,7,15H2,1-6H3,(H,27,32)(H,28,33)/t23-/m1/s1. The van der Waals surface area contributed by atoms with Gasteiger partial charge in [0.2, 0.25) is 5.91 Å². The van der Waals surface area contributed by atoms with Gasteiger partial charge in [-0.05, 0) is 62.6 Å². The molecule has 2 aromatic carbocycles. The zero-order valence-electron chi connectivity index (χ0n) is 21.1. The van der Waals surface area contributed by atoms with Gasteiger partial charge in [-0.1, -0.05) is 43.3 Å². The Kier molecular flexibility index (Phi) is 8.92. The van der Waals surface area contributed by atoms with Crippen molar-refractivity contribution >= 4 is 29.3 Å². The number of carbonyl (C=O) groups excluding carboxylic acids is 2. The summed E-state index contributed by atoms with van der Waals surface area (Å²) in [6.07, 6.45) is 0. The van der Waals surface area contributed by atoms with Crippen molar-refractivity contribution in [2.24, 2.45) is 5.92 Å². The van der Waals surface area contributed by atoms with Crippen LogP contribution >= 0.6 is 11.8 Å². The first kappa shape index (κ1) is 26.3. The number of thioether (sulfide) groups is 1. The number of hydrogen-bond donors (Lipinski definition) is 2. The van der Waals surface area contributed by atoms with E-state index in [0.29, 0.717) is 28.8 Å². The second-order valence-electron chi connectivity index (χ2n) is 8.66. The number of amides is 2. The van der Waals surface area contributed by atoms with Crippen molar-refractivity contribution in [1.82, 2.24) is 20.1 Å². The van der Waals surface area contributed by atoms with Gasteiger partial charge in [-0.3, -0.25) is 9.59 Å². The van der Waals surface area contributed by atoms with E-state index in [-0.39, 0.29) is 29.5 Å². The molecule has 186 valence electrons. The molecule has 2 amide bonds. The number of nitrogens with zero attached hydrogens (tertiary/aromatic N) is 3. The van der Waals surface area contributed by atoms with Crippen molar-refractivity contribution in [3.8, 4) is 5.75 Å². The van der Waals surface area contributed by atoms with E-state index in [1.807, 2.05) is 57.4 Å². The Morgan fingerprint density at radius 2 is 1.80 bits per heavy atom. The van der Waals surface area contributed by atoms with Crippen LogP contribution in [0.2, 0.25) is 0 Å². The van der Waals surface area contributed by atoms with Crippen LogP contribution in [-0.4, -0.2) is 39.4 Å². The molecule has 0 fully saturated rings. The molecule has 2 N–H and O–H groups in total. The van der Waals surface area contributed by atoms with Gasteiger partial charge in [0, 0.05) is 17.8 Å². The van der Waals surface area contributed by atoms with Gasteiger partial charge < -0.3 is 19.9 Å². The second kappa shape index (κ2) is 11.9. The van der Waals surface area contributed by atoms with E-state index in [9.17, 15) is 9.59 Å². The predicted octanol–water partition coefficient (Wildman–Crippen LogP) is 4.78. The fourth-order valence-electron chi connectivity index (χ4n) is 3.70. The highest BCUT2D eigenvalue weighted by molar-refractivity contribution is 7.99. The summed E-state index contributed by atoms with van der Waals surface area (Å²) in [5.74, 6) is 1.34. The lowest BCUT2D eigenvalue weighted by atomic mass is 10.0. The quantitative estimate of drug-likeness (QED) is 0.393. The van der Waals surface area contributed by atoms with Gasteiger partial charge in [0.25, 0.3) is 5.91 Å². The van der Waals surface area contributed by atoms with Crippen molar-refractivity contribution in [3.05, 3.63) is 65.0 Å². The number of carbonyl (C=O) groups is 2. The number of benzene rings is 2. The monoisotopic (exact) mass is 495 g/mol. The summed E-state index contributed by atoms with van der Waals surface area (Å²) in [4.78, 5) is 25.5. The van der Waals surface area contributed by atoms with E-state index >= 15 is 0 Å². The minimum absolute atomic E-state index is 0.0809. The van der Waals surface area contributed by atoms with Crippen LogP contribution in [0.4, 0.5) is 5.69 Å². The van der Waals surface area contributed by atoms with E-state index in [2.05, 4.69) is 20.8 Å². The first-order chi connectivity index (χ1) is 16.7. The molecule has 1 aromatic heterocycles. The third-order valence-electron chi connectivity index (χ3n) is 5.63. The maximum Gasteiger partial charge on any atom is 0.251 e. The van der Waals surface area contributed by atoms with Gasteiger partial charge in [0.05, 0.1) is 18.9 Å². The Hall–Kier alpha value is -3.33. The lowest BCUT2D eigenvalue weighted by molar-refractivity contribution is -0.113. The van der Waals surface area contributed by atoms with Gasteiger partial charge in [0.1, 0.15) is 5.75 Å². The molecule has 0 radical (unpaired) electrons. The Morgan fingerprint density at radius 1 is 1.09 bits per heavy atom. The van der Waals surface area contributed by atoms with Crippen LogP contribution in [0.15, 0.2) is 47.6 Å². The van der Waals surface area contributed by atoms with Crippen LogP contribution in [0.25, 0.3) is 0 Å². The number of aryl methyl sites for hydroxylation is 2. The van der Waals surface area contributed by atoms with Crippen molar-refractivity contribution < 1.29 is 14.3 Å². The van der Waals surface area contributed by atoms with Crippen LogP contribution in [-0.2, 0) is 11.3 Å². The number of hydrogen-bond acceptors (Lipinski definition) is 6. The average molecular weight is 496 g/mol. The number of rotatable bonds is 10. The van der Waals surface area contributed by atoms with E-state index in [0.717, 1.165) is 16.8 Å². The van der Waals surface area contributed by atoms with Crippen LogP contribution in [0, 0.1) is 19.8 Å². The number of methoxy groups -OCH3 is 1. The fraction of sp³-hybridized carbons (Fsp3) is 0.385. The van der Waals surface area contributed by atoms with Crippen LogP contribution in [0.5, 0.6) is 5.75 Å². The third-order valence-corrected chi connectivity index (χ3v) is 6.60. The van der Waals surface area contributed by atoms with Gasteiger partial charge >= 0.3 is 0 Å². The summed E-state index contributed by atoms with van der Waals surface area (Å²) in [6.45, 7) is 10.7. The van der Waals surface area contributed by atoms with Crippen molar-refractivity contribution in [1.29, 1.82) is 0 Å². The minimum Gasteiger partial charge on any atom is -0.497 e. The number of nitrogens with one attached hydrogen (secondary N) is 2. The number of anilines is 1. The zero-order chi connectivity index (χ0) is 25.5. The van der Waals surface area contributed by atoms with Crippen LogP contribution in [0.1, 0.15) is 54.1 Å². The van der Waals surface area contributed by atoms with Gasteiger partial charge in [-0.25, -0.2) is 0 Å². The second-order valence-corrected chi connectivity index (χ2v) is 9.61. The van der Waals surface area contributed by atoms with Crippen molar-refractivity contribution in [3.63, 3.8) is 0 Å². The molecule has 0 unspecified atom stereocenters. The van der Waals surface area contributed by atoms with Crippen LogP contribution in [0.3, 0.4) is 0 Å². The first-order valence-electron chi connectivity index (χ1n) is 11.6. The highest BCUT2D eigenvalue weighted by Crippen LogP contribution is 2.26. The highest BCUT2D eigenvalue weighted by atomic mass is 32.2. The summed E-state index contributed by atoms with van der Waals surface area (Å²) in [6, 6.07) is 12.6. The van der Waals surface area contributed by atoms with Crippen molar-refractivity contribution in [2.45, 2.75) is 52.4 Å². The fourth-order valence-corrected chi connectivity index (χ4v) is 4.51. The molecule has 8 nitrogen and oxygen atoms in total. The molecule has 0 saturated carbocycles. The number of ether oxygens (including phenoxy) is 1. The molecule has 0 saturated heterocycles. The van der Waals surface area contributed by atoms with Gasteiger partial charge in [-0.15, -0.1) is 10.2 Å². The molecule has 0 aliphatic carbocycles. The van der Waals surface area contributed by atoms with E-state index in [4.69, 9.17) is 4.74 Å². The van der Waals surface area contributed by atoms with Gasteiger partial charge in [0.15, 0.2) is 11.0 Å². The maximum atomic E-state index is 12.9. The molecule has 0 bridgehead atoms. The summed E-state index contributed by atoms with van der Waals surface area (Å²) in [5, 5.41) is 15.4. The Bertz CT molecular complexity index is 1170. The molecule has 35 heavy (non-hydrogen) atoms. The smallest absolute Gasteiger partial charge is 0.251 e.